The number of hydrogen-bond acceptors (Lipinski definition) is 2. The van der Waals surface area contributed by atoms with Crippen LogP contribution in [0.5, 0.6) is 5.75 Å². The summed E-state index contributed by atoms with van der Waals surface area (Å²) in [6.07, 6.45) is 0. The average Bonchev–Trinajstić information content (AvgIpc) is 2.28. The molecule has 0 unspecified atom stereocenters. The third kappa shape index (κ3) is 3.69. The molecule has 0 aromatic heterocycles. The standard InChI is InChI=1S/C17H26N2O/c1-11(18-8)19-12-9-13(16(2,3)4)15(20)14(10-12)17(5,6)7/h9-10,20H,8H2,1-7H3. The van der Waals surface area contributed by atoms with E-state index in [-0.39, 0.29) is 10.8 Å². The zero-order chi connectivity index (χ0) is 15.7. The van der Waals surface area contributed by atoms with E-state index in [0.717, 1.165) is 16.8 Å². The monoisotopic (exact) mass is 274 g/mol. The van der Waals surface area contributed by atoms with E-state index in [0.29, 0.717) is 11.6 Å². The summed E-state index contributed by atoms with van der Waals surface area (Å²) >= 11 is 0. The first kappa shape index (κ1) is 16.4. The second-order valence-electron chi connectivity index (χ2n) is 7.21. The molecule has 20 heavy (non-hydrogen) atoms. The fraction of sp³-hybridized carbons (Fsp3) is 0.529. The lowest BCUT2D eigenvalue weighted by Crippen LogP contribution is -2.17. The van der Waals surface area contributed by atoms with Gasteiger partial charge in [-0.15, -0.1) is 0 Å². The number of amidine groups is 1. The molecule has 0 saturated heterocycles. The van der Waals surface area contributed by atoms with E-state index in [1.165, 1.54) is 0 Å². The zero-order valence-corrected chi connectivity index (χ0v) is 13.7. The molecule has 0 radical (unpaired) electrons. The molecule has 1 aromatic carbocycles. The number of benzene rings is 1. The van der Waals surface area contributed by atoms with Crippen molar-refractivity contribution in [3.05, 3.63) is 23.3 Å². The van der Waals surface area contributed by atoms with E-state index >= 15 is 0 Å². The number of nitrogens with zero attached hydrogens (tertiary/aromatic N) is 2. The maximum atomic E-state index is 10.6. The number of aliphatic imine (C=N–C) groups is 2. The summed E-state index contributed by atoms with van der Waals surface area (Å²) in [4.78, 5) is 8.27. The molecule has 1 aromatic rings. The molecule has 0 atom stereocenters. The summed E-state index contributed by atoms with van der Waals surface area (Å²) in [5, 5.41) is 10.6. The van der Waals surface area contributed by atoms with E-state index in [9.17, 15) is 5.11 Å². The molecule has 0 aliphatic rings. The fourth-order valence-corrected chi connectivity index (χ4v) is 2.05. The molecule has 0 fully saturated rings. The van der Waals surface area contributed by atoms with Crippen LogP contribution in [0.3, 0.4) is 0 Å². The zero-order valence-electron chi connectivity index (χ0n) is 13.7. The van der Waals surface area contributed by atoms with Crippen molar-refractivity contribution >= 4 is 18.2 Å². The van der Waals surface area contributed by atoms with Gasteiger partial charge in [0, 0.05) is 11.1 Å². The van der Waals surface area contributed by atoms with Gasteiger partial charge in [0.1, 0.15) is 11.6 Å². The van der Waals surface area contributed by atoms with Gasteiger partial charge in [0.2, 0.25) is 0 Å². The molecule has 1 N–H and O–H groups in total. The normalized spacial score (nSPS) is 13.4. The van der Waals surface area contributed by atoms with Gasteiger partial charge in [0.15, 0.2) is 0 Å². The highest BCUT2D eigenvalue weighted by Crippen LogP contribution is 2.41. The predicted octanol–water partition coefficient (Wildman–Crippen LogP) is 4.74. The minimum Gasteiger partial charge on any atom is -0.507 e. The molecule has 0 spiro atoms. The van der Waals surface area contributed by atoms with Crippen LogP contribution in [0.15, 0.2) is 22.1 Å². The summed E-state index contributed by atoms with van der Waals surface area (Å²) in [7, 11) is 0. The summed E-state index contributed by atoms with van der Waals surface area (Å²) < 4.78 is 0. The maximum absolute atomic E-state index is 10.6. The van der Waals surface area contributed by atoms with Gasteiger partial charge >= 0.3 is 0 Å². The maximum Gasteiger partial charge on any atom is 0.125 e. The lowest BCUT2D eigenvalue weighted by Gasteiger charge is -2.27. The van der Waals surface area contributed by atoms with Crippen molar-refractivity contribution in [2.75, 3.05) is 0 Å². The van der Waals surface area contributed by atoms with Crippen molar-refractivity contribution in [1.29, 1.82) is 0 Å². The molecule has 110 valence electrons. The smallest absolute Gasteiger partial charge is 0.125 e. The topological polar surface area (TPSA) is 45.0 Å². The van der Waals surface area contributed by atoms with Gasteiger partial charge in [0.25, 0.3) is 0 Å². The summed E-state index contributed by atoms with van der Waals surface area (Å²) in [5.74, 6) is 0.989. The van der Waals surface area contributed by atoms with Crippen LogP contribution in [-0.2, 0) is 10.8 Å². The lowest BCUT2D eigenvalue weighted by molar-refractivity contribution is 0.423. The molecule has 1 rings (SSSR count). The van der Waals surface area contributed by atoms with Crippen molar-refractivity contribution in [3.63, 3.8) is 0 Å². The number of phenols is 1. The van der Waals surface area contributed by atoms with Crippen LogP contribution in [0.4, 0.5) is 5.69 Å². The highest BCUT2D eigenvalue weighted by molar-refractivity contribution is 5.86. The first-order chi connectivity index (χ1) is 8.96. The van der Waals surface area contributed by atoms with Crippen LogP contribution >= 0.6 is 0 Å². The van der Waals surface area contributed by atoms with Gasteiger partial charge in [-0.3, -0.25) is 0 Å². The molecular formula is C17H26N2O. The number of rotatable bonds is 1. The Labute approximate surface area is 122 Å². The van der Waals surface area contributed by atoms with Crippen molar-refractivity contribution in [2.45, 2.75) is 59.3 Å². The van der Waals surface area contributed by atoms with E-state index in [2.05, 4.69) is 58.2 Å². The van der Waals surface area contributed by atoms with E-state index < -0.39 is 0 Å². The predicted molar refractivity (Wildman–Crippen MR) is 87.8 cm³/mol. The van der Waals surface area contributed by atoms with Gasteiger partial charge < -0.3 is 5.11 Å². The van der Waals surface area contributed by atoms with Gasteiger partial charge in [-0.2, -0.15) is 0 Å². The highest BCUT2D eigenvalue weighted by Gasteiger charge is 2.26. The van der Waals surface area contributed by atoms with E-state index in [1.54, 1.807) is 0 Å². The van der Waals surface area contributed by atoms with Crippen LogP contribution in [0, 0.1) is 0 Å². The fourth-order valence-electron chi connectivity index (χ4n) is 2.05. The quantitative estimate of drug-likeness (QED) is 0.583. The van der Waals surface area contributed by atoms with E-state index in [1.807, 2.05) is 19.1 Å². The Hall–Kier alpha value is -1.64. The molecular weight excluding hydrogens is 248 g/mol. The van der Waals surface area contributed by atoms with Crippen molar-refractivity contribution in [1.82, 2.24) is 0 Å². The van der Waals surface area contributed by atoms with Gasteiger partial charge in [-0.25, -0.2) is 9.98 Å². The SMILES string of the molecule is C=NC(C)=Nc1cc(C(C)(C)C)c(O)c(C(C)(C)C)c1. The second kappa shape index (κ2) is 5.39. The Balaban J connectivity index is 3.63. The lowest BCUT2D eigenvalue weighted by atomic mass is 9.79. The van der Waals surface area contributed by atoms with Crippen LogP contribution in [-0.4, -0.2) is 17.7 Å². The van der Waals surface area contributed by atoms with Crippen molar-refractivity contribution < 1.29 is 5.11 Å². The molecule has 0 aliphatic heterocycles. The summed E-state index contributed by atoms with van der Waals surface area (Å²) in [5.41, 5.74) is 2.32. The Morgan fingerprint density at radius 1 is 1.00 bits per heavy atom. The van der Waals surface area contributed by atoms with Crippen molar-refractivity contribution in [2.24, 2.45) is 9.98 Å². The Morgan fingerprint density at radius 3 is 1.70 bits per heavy atom. The Morgan fingerprint density at radius 2 is 1.40 bits per heavy atom. The second-order valence-corrected chi connectivity index (χ2v) is 7.21. The molecule has 3 heteroatoms. The summed E-state index contributed by atoms with van der Waals surface area (Å²) in [6, 6.07) is 3.86. The van der Waals surface area contributed by atoms with Crippen molar-refractivity contribution in [3.8, 4) is 5.75 Å². The first-order valence-electron chi connectivity index (χ1n) is 6.87. The van der Waals surface area contributed by atoms with Gasteiger partial charge in [0.05, 0.1) is 5.69 Å². The average molecular weight is 274 g/mol. The molecule has 0 heterocycles. The number of hydrogen-bond donors (Lipinski definition) is 1. The largest absolute Gasteiger partial charge is 0.507 e. The van der Waals surface area contributed by atoms with Crippen LogP contribution in [0.25, 0.3) is 0 Å². The third-order valence-corrected chi connectivity index (χ3v) is 3.23. The first-order valence-corrected chi connectivity index (χ1v) is 6.87. The Bertz CT molecular complexity index is 508. The van der Waals surface area contributed by atoms with Crippen LogP contribution in [0.2, 0.25) is 0 Å². The minimum atomic E-state index is -0.148. The summed E-state index contributed by atoms with van der Waals surface area (Å²) in [6.45, 7) is 17.8. The van der Waals surface area contributed by atoms with Crippen LogP contribution < -0.4 is 0 Å². The molecule has 0 saturated carbocycles. The molecule has 0 aliphatic carbocycles. The number of aromatic hydroxyl groups is 1. The molecule has 3 nitrogen and oxygen atoms in total. The van der Waals surface area contributed by atoms with Gasteiger partial charge in [-0.1, -0.05) is 41.5 Å². The van der Waals surface area contributed by atoms with Crippen LogP contribution in [0.1, 0.15) is 59.6 Å². The van der Waals surface area contributed by atoms with Gasteiger partial charge in [-0.05, 0) is 36.6 Å². The van der Waals surface area contributed by atoms with E-state index in [4.69, 9.17) is 0 Å². The third-order valence-electron chi connectivity index (χ3n) is 3.23. The molecule has 0 amide bonds. The Kier molecular flexibility index (Phi) is 4.42. The number of phenolic OH excluding ortho intramolecular Hbond substituents is 1. The highest BCUT2D eigenvalue weighted by atomic mass is 16.3. The minimum absolute atomic E-state index is 0.148. The molecule has 0 bridgehead atoms.